The molecule has 0 bridgehead atoms. The SMILES string of the molecule is CCCc1cc(-n2cc(-c3ccc(CC4CCCC4)nc3)cn2)ccn1. The third-order valence-electron chi connectivity index (χ3n) is 5.28. The zero-order valence-corrected chi connectivity index (χ0v) is 15.4. The molecule has 1 aliphatic rings. The van der Waals surface area contributed by atoms with Crippen LogP contribution in [0, 0.1) is 5.92 Å². The van der Waals surface area contributed by atoms with Crippen LogP contribution in [-0.4, -0.2) is 19.7 Å². The van der Waals surface area contributed by atoms with E-state index < -0.39 is 0 Å². The molecule has 4 nitrogen and oxygen atoms in total. The maximum absolute atomic E-state index is 4.69. The van der Waals surface area contributed by atoms with E-state index in [1.807, 2.05) is 29.3 Å². The van der Waals surface area contributed by atoms with Gasteiger partial charge >= 0.3 is 0 Å². The molecule has 0 saturated heterocycles. The van der Waals surface area contributed by atoms with Crippen molar-refractivity contribution < 1.29 is 0 Å². The highest BCUT2D eigenvalue weighted by Gasteiger charge is 2.16. The van der Waals surface area contributed by atoms with Crippen molar-refractivity contribution in [3.63, 3.8) is 0 Å². The molecule has 1 aliphatic carbocycles. The van der Waals surface area contributed by atoms with Crippen LogP contribution in [0.1, 0.15) is 50.4 Å². The Hall–Kier alpha value is -2.49. The van der Waals surface area contributed by atoms with Gasteiger partial charge in [-0.15, -0.1) is 0 Å². The summed E-state index contributed by atoms with van der Waals surface area (Å²) in [4.78, 5) is 9.11. The molecule has 3 aromatic rings. The zero-order valence-electron chi connectivity index (χ0n) is 15.4. The van der Waals surface area contributed by atoms with Gasteiger partial charge in [0.2, 0.25) is 0 Å². The van der Waals surface area contributed by atoms with Crippen molar-refractivity contribution in [3.05, 3.63) is 60.4 Å². The fourth-order valence-electron chi connectivity index (χ4n) is 3.84. The molecule has 0 radical (unpaired) electrons. The minimum Gasteiger partial charge on any atom is -0.261 e. The second-order valence-corrected chi connectivity index (χ2v) is 7.32. The molecule has 0 N–H and O–H groups in total. The van der Waals surface area contributed by atoms with Crippen molar-refractivity contribution in [2.45, 2.75) is 51.9 Å². The summed E-state index contributed by atoms with van der Waals surface area (Å²) in [5, 5.41) is 4.53. The summed E-state index contributed by atoms with van der Waals surface area (Å²) < 4.78 is 1.92. The van der Waals surface area contributed by atoms with Gasteiger partial charge in [0, 0.05) is 41.1 Å². The molecule has 4 rings (SSSR count). The van der Waals surface area contributed by atoms with Crippen LogP contribution in [0.5, 0.6) is 0 Å². The van der Waals surface area contributed by atoms with Gasteiger partial charge in [-0.2, -0.15) is 5.10 Å². The molecule has 3 heterocycles. The van der Waals surface area contributed by atoms with E-state index in [-0.39, 0.29) is 0 Å². The van der Waals surface area contributed by atoms with Crippen LogP contribution in [0.3, 0.4) is 0 Å². The quantitative estimate of drug-likeness (QED) is 0.630. The normalized spacial score (nSPS) is 14.8. The number of aromatic nitrogens is 4. The Morgan fingerprint density at radius 3 is 2.65 bits per heavy atom. The first-order chi connectivity index (χ1) is 12.8. The predicted molar refractivity (Wildman–Crippen MR) is 104 cm³/mol. The molecule has 0 aromatic carbocycles. The molecule has 26 heavy (non-hydrogen) atoms. The molecule has 0 spiro atoms. The van der Waals surface area contributed by atoms with Crippen LogP contribution in [0.2, 0.25) is 0 Å². The van der Waals surface area contributed by atoms with Crippen molar-refractivity contribution >= 4 is 0 Å². The van der Waals surface area contributed by atoms with Gasteiger partial charge in [0.15, 0.2) is 0 Å². The Morgan fingerprint density at radius 2 is 1.88 bits per heavy atom. The Morgan fingerprint density at radius 1 is 1.00 bits per heavy atom. The second kappa shape index (κ2) is 7.81. The van der Waals surface area contributed by atoms with Gasteiger partial charge in [-0.1, -0.05) is 45.1 Å². The summed E-state index contributed by atoms with van der Waals surface area (Å²) in [6.07, 6.45) is 16.5. The maximum atomic E-state index is 4.69. The second-order valence-electron chi connectivity index (χ2n) is 7.32. The summed E-state index contributed by atoms with van der Waals surface area (Å²) in [5.41, 5.74) is 5.60. The molecule has 0 aliphatic heterocycles. The Bertz CT molecular complexity index is 845. The van der Waals surface area contributed by atoms with Gasteiger partial charge in [-0.3, -0.25) is 9.97 Å². The number of hydrogen-bond donors (Lipinski definition) is 0. The van der Waals surface area contributed by atoms with Crippen LogP contribution in [0.4, 0.5) is 0 Å². The standard InChI is InChI=1S/C22H26N4/c1-2-5-20-13-22(10-11-23-20)26-16-19(15-25-26)18-8-9-21(24-14-18)12-17-6-3-4-7-17/h8-11,13-17H,2-7,12H2,1H3. The summed E-state index contributed by atoms with van der Waals surface area (Å²) in [6.45, 7) is 2.17. The minimum absolute atomic E-state index is 0.833. The molecule has 0 atom stereocenters. The van der Waals surface area contributed by atoms with Gasteiger partial charge in [0.05, 0.1) is 11.9 Å². The summed E-state index contributed by atoms with van der Waals surface area (Å²) in [6, 6.07) is 8.46. The van der Waals surface area contributed by atoms with Gasteiger partial charge < -0.3 is 0 Å². The van der Waals surface area contributed by atoms with E-state index in [1.54, 1.807) is 0 Å². The fraction of sp³-hybridized carbons (Fsp3) is 0.409. The average molecular weight is 346 g/mol. The summed E-state index contributed by atoms with van der Waals surface area (Å²) in [5.74, 6) is 0.833. The largest absolute Gasteiger partial charge is 0.261 e. The van der Waals surface area contributed by atoms with E-state index in [1.165, 1.54) is 31.4 Å². The molecule has 0 amide bonds. The maximum Gasteiger partial charge on any atom is 0.0679 e. The molecule has 1 saturated carbocycles. The van der Waals surface area contributed by atoms with Crippen molar-refractivity contribution in [2.75, 3.05) is 0 Å². The Balaban J connectivity index is 1.49. The molecular formula is C22H26N4. The topological polar surface area (TPSA) is 43.6 Å². The average Bonchev–Trinajstić information content (AvgIpc) is 3.35. The van der Waals surface area contributed by atoms with E-state index >= 15 is 0 Å². The lowest BCUT2D eigenvalue weighted by Gasteiger charge is -2.08. The van der Waals surface area contributed by atoms with E-state index in [9.17, 15) is 0 Å². The van der Waals surface area contributed by atoms with Gasteiger partial charge in [0.25, 0.3) is 0 Å². The molecule has 0 unspecified atom stereocenters. The highest BCUT2D eigenvalue weighted by atomic mass is 15.3. The monoisotopic (exact) mass is 346 g/mol. The van der Waals surface area contributed by atoms with E-state index in [0.717, 1.165) is 47.7 Å². The van der Waals surface area contributed by atoms with Crippen molar-refractivity contribution in [2.24, 2.45) is 5.92 Å². The number of nitrogens with zero attached hydrogens (tertiary/aromatic N) is 4. The Kier molecular flexibility index (Phi) is 5.09. The van der Waals surface area contributed by atoms with E-state index in [0.29, 0.717) is 0 Å². The van der Waals surface area contributed by atoms with Crippen molar-refractivity contribution in [1.29, 1.82) is 0 Å². The molecular weight excluding hydrogens is 320 g/mol. The van der Waals surface area contributed by atoms with Crippen LogP contribution < -0.4 is 0 Å². The van der Waals surface area contributed by atoms with Gasteiger partial charge in [-0.05, 0) is 37.0 Å². The molecule has 1 fully saturated rings. The van der Waals surface area contributed by atoms with Crippen LogP contribution in [-0.2, 0) is 12.8 Å². The van der Waals surface area contributed by atoms with Crippen molar-refractivity contribution in [1.82, 2.24) is 19.7 Å². The molecule has 3 aromatic heterocycles. The predicted octanol–water partition coefficient (Wildman–Crippen LogP) is 5.01. The van der Waals surface area contributed by atoms with Gasteiger partial charge in [0.1, 0.15) is 0 Å². The zero-order chi connectivity index (χ0) is 17.8. The van der Waals surface area contributed by atoms with Crippen molar-refractivity contribution in [3.8, 4) is 16.8 Å². The third kappa shape index (κ3) is 3.85. The lowest BCUT2D eigenvalue weighted by atomic mass is 10.0. The number of aryl methyl sites for hydroxylation is 1. The highest BCUT2D eigenvalue weighted by molar-refractivity contribution is 5.61. The first kappa shape index (κ1) is 17.0. The summed E-state index contributed by atoms with van der Waals surface area (Å²) >= 11 is 0. The fourth-order valence-corrected chi connectivity index (χ4v) is 3.84. The first-order valence-electron chi connectivity index (χ1n) is 9.77. The van der Waals surface area contributed by atoms with Gasteiger partial charge in [-0.25, -0.2) is 4.68 Å². The minimum atomic E-state index is 0.833. The Labute approximate surface area is 155 Å². The smallest absolute Gasteiger partial charge is 0.0679 e. The third-order valence-corrected chi connectivity index (χ3v) is 5.28. The lowest BCUT2D eigenvalue weighted by molar-refractivity contribution is 0.539. The van der Waals surface area contributed by atoms with Crippen LogP contribution in [0.25, 0.3) is 16.8 Å². The number of hydrogen-bond acceptors (Lipinski definition) is 3. The first-order valence-corrected chi connectivity index (χ1v) is 9.77. The van der Waals surface area contributed by atoms with E-state index in [2.05, 4.69) is 41.4 Å². The highest BCUT2D eigenvalue weighted by Crippen LogP contribution is 2.28. The number of pyridine rings is 2. The lowest BCUT2D eigenvalue weighted by Crippen LogP contribution is -2.00. The molecule has 4 heteroatoms. The van der Waals surface area contributed by atoms with Crippen LogP contribution in [0.15, 0.2) is 49.1 Å². The number of rotatable bonds is 6. The summed E-state index contributed by atoms with van der Waals surface area (Å²) in [7, 11) is 0. The van der Waals surface area contributed by atoms with E-state index in [4.69, 9.17) is 4.98 Å². The molecule has 134 valence electrons. The van der Waals surface area contributed by atoms with Crippen LogP contribution >= 0.6 is 0 Å².